The number of rotatable bonds is 8. The Hall–Kier alpha value is -2.31. The van der Waals surface area contributed by atoms with Crippen LogP contribution >= 0.6 is 0 Å². The summed E-state index contributed by atoms with van der Waals surface area (Å²) < 4.78 is 10.8. The highest BCUT2D eigenvalue weighted by Crippen LogP contribution is 2.23. The molecule has 1 aromatic heterocycles. The van der Waals surface area contributed by atoms with E-state index < -0.39 is 12.1 Å². The van der Waals surface area contributed by atoms with Crippen LogP contribution in [-0.2, 0) is 16.1 Å². The largest absolute Gasteiger partial charge is 0.474 e. The standard InChI is InChI=1S/C19H29N3O4/c1-4-25-19(24)22-17(13(2)3)18(23)21-12-14-9-10-20-16(11-14)26-15-7-5-6-8-15/h9-11,13,15,17H,4-8,12H2,1-3H3,(H,21,23)(H,22,24). The number of ether oxygens (including phenoxy) is 2. The lowest BCUT2D eigenvalue weighted by molar-refractivity contribution is -0.124. The number of carbonyl (C=O) groups is 2. The summed E-state index contributed by atoms with van der Waals surface area (Å²) in [6.45, 7) is 6.07. The van der Waals surface area contributed by atoms with E-state index in [0.717, 1.165) is 18.4 Å². The van der Waals surface area contributed by atoms with Gasteiger partial charge in [0.25, 0.3) is 0 Å². The molecule has 0 saturated heterocycles. The molecule has 7 nitrogen and oxygen atoms in total. The number of hydrogen-bond donors (Lipinski definition) is 2. The zero-order chi connectivity index (χ0) is 18.9. The lowest BCUT2D eigenvalue weighted by atomic mass is 10.0. The van der Waals surface area contributed by atoms with Crippen LogP contribution in [0, 0.1) is 5.92 Å². The highest BCUT2D eigenvalue weighted by molar-refractivity contribution is 5.85. The Morgan fingerprint density at radius 1 is 1.31 bits per heavy atom. The van der Waals surface area contributed by atoms with Gasteiger partial charge in [-0.1, -0.05) is 13.8 Å². The van der Waals surface area contributed by atoms with Gasteiger partial charge >= 0.3 is 6.09 Å². The van der Waals surface area contributed by atoms with E-state index in [4.69, 9.17) is 9.47 Å². The Labute approximate surface area is 154 Å². The van der Waals surface area contributed by atoms with E-state index in [1.165, 1.54) is 12.8 Å². The van der Waals surface area contributed by atoms with Crippen molar-refractivity contribution in [1.29, 1.82) is 0 Å². The SMILES string of the molecule is CCOC(=O)NC(C(=O)NCc1ccnc(OC2CCCC2)c1)C(C)C. The second kappa shape index (κ2) is 9.99. The van der Waals surface area contributed by atoms with Crippen LogP contribution in [0.2, 0.25) is 0 Å². The van der Waals surface area contributed by atoms with E-state index in [9.17, 15) is 9.59 Å². The Morgan fingerprint density at radius 2 is 2.04 bits per heavy atom. The molecule has 0 spiro atoms. The molecule has 0 bridgehead atoms. The van der Waals surface area contributed by atoms with Crippen LogP contribution < -0.4 is 15.4 Å². The summed E-state index contributed by atoms with van der Waals surface area (Å²) in [4.78, 5) is 28.3. The zero-order valence-electron chi connectivity index (χ0n) is 15.8. The number of amides is 2. The molecule has 1 atom stereocenters. The summed E-state index contributed by atoms with van der Waals surface area (Å²) in [5.41, 5.74) is 0.903. The summed E-state index contributed by atoms with van der Waals surface area (Å²) >= 11 is 0. The molecule has 1 aromatic rings. The maximum absolute atomic E-state index is 12.4. The Balaban J connectivity index is 1.89. The van der Waals surface area contributed by atoms with Crippen molar-refractivity contribution < 1.29 is 19.1 Å². The van der Waals surface area contributed by atoms with Crippen molar-refractivity contribution in [2.45, 2.75) is 65.1 Å². The number of nitrogens with zero attached hydrogens (tertiary/aromatic N) is 1. The molecule has 7 heteroatoms. The van der Waals surface area contributed by atoms with Crippen molar-refractivity contribution in [3.63, 3.8) is 0 Å². The molecule has 2 amide bonds. The molecule has 1 saturated carbocycles. The molecular weight excluding hydrogens is 334 g/mol. The maximum atomic E-state index is 12.4. The van der Waals surface area contributed by atoms with Crippen molar-refractivity contribution in [2.24, 2.45) is 5.92 Å². The van der Waals surface area contributed by atoms with Crippen LogP contribution in [0.1, 0.15) is 52.0 Å². The molecule has 2 rings (SSSR count). The average molecular weight is 363 g/mol. The van der Waals surface area contributed by atoms with E-state index in [1.807, 2.05) is 26.0 Å². The van der Waals surface area contributed by atoms with Crippen LogP contribution in [-0.4, -0.2) is 35.7 Å². The first-order valence-electron chi connectivity index (χ1n) is 9.32. The normalized spacial score (nSPS) is 15.5. The third kappa shape index (κ3) is 6.20. The van der Waals surface area contributed by atoms with E-state index in [1.54, 1.807) is 13.1 Å². The van der Waals surface area contributed by atoms with Crippen molar-refractivity contribution >= 4 is 12.0 Å². The minimum Gasteiger partial charge on any atom is -0.474 e. The zero-order valence-corrected chi connectivity index (χ0v) is 15.8. The van der Waals surface area contributed by atoms with Gasteiger partial charge in [-0.25, -0.2) is 9.78 Å². The fraction of sp³-hybridized carbons (Fsp3) is 0.632. The summed E-state index contributed by atoms with van der Waals surface area (Å²) in [6.07, 6.45) is 5.87. The lowest BCUT2D eigenvalue weighted by Crippen LogP contribution is -2.49. The molecule has 2 N–H and O–H groups in total. The van der Waals surface area contributed by atoms with Crippen LogP contribution in [0.5, 0.6) is 5.88 Å². The molecule has 1 aliphatic carbocycles. The van der Waals surface area contributed by atoms with Gasteiger partial charge in [-0.05, 0) is 50.2 Å². The van der Waals surface area contributed by atoms with Crippen LogP contribution in [0.25, 0.3) is 0 Å². The van der Waals surface area contributed by atoms with Gasteiger partial charge in [-0.3, -0.25) is 4.79 Å². The fourth-order valence-corrected chi connectivity index (χ4v) is 2.94. The Morgan fingerprint density at radius 3 is 2.69 bits per heavy atom. The first-order chi connectivity index (χ1) is 12.5. The van der Waals surface area contributed by atoms with Crippen molar-refractivity contribution in [3.8, 4) is 5.88 Å². The summed E-state index contributed by atoms with van der Waals surface area (Å²) in [6, 6.07) is 3.04. The van der Waals surface area contributed by atoms with Gasteiger partial charge in [0.1, 0.15) is 12.1 Å². The molecule has 1 aliphatic rings. The van der Waals surface area contributed by atoms with Crippen molar-refractivity contribution in [2.75, 3.05) is 6.61 Å². The number of alkyl carbamates (subject to hydrolysis) is 1. The third-order valence-electron chi connectivity index (χ3n) is 4.35. The number of aromatic nitrogens is 1. The molecule has 1 unspecified atom stereocenters. The van der Waals surface area contributed by atoms with Gasteiger partial charge < -0.3 is 20.1 Å². The lowest BCUT2D eigenvalue weighted by Gasteiger charge is -2.21. The van der Waals surface area contributed by atoms with Crippen molar-refractivity contribution in [1.82, 2.24) is 15.6 Å². The molecule has 1 heterocycles. The maximum Gasteiger partial charge on any atom is 0.407 e. The number of pyridine rings is 1. The highest BCUT2D eigenvalue weighted by Gasteiger charge is 2.24. The predicted molar refractivity (Wildman–Crippen MR) is 97.8 cm³/mol. The van der Waals surface area contributed by atoms with E-state index in [-0.39, 0.29) is 24.5 Å². The molecule has 1 fully saturated rings. The quantitative estimate of drug-likeness (QED) is 0.741. The predicted octanol–water partition coefficient (Wildman–Crippen LogP) is 2.79. The molecule has 144 valence electrons. The first kappa shape index (κ1) is 20.0. The summed E-state index contributed by atoms with van der Waals surface area (Å²) in [5.74, 6) is 0.287. The molecule has 0 aliphatic heterocycles. The minimum absolute atomic E-state index is 0.0573. The monoisotopic (exact) mass is 363 g/mol. The van der Waals surface area contributed by atoms with Crippen LogP contribution in [0.15, 0.2) is 18.3 Å². The molecular formula is C19H29N3O4. The summed E-state index contributed by atoms with van der Waals surface area (Å²) in [5, 5.41) is 5.46. The first-order valence-corrected chi connectivity index (χ1v) is 9.32. The third-order valence-corrected chi connectivity index (χ3v) is 4.35. The average Bonchev–Trinajstić information content (AvgIpc) is 3.11. The van der Waals surface area contributed by atoms with E-state index >= 15 is 0 Å². The van der Waals surface area contributed by atoms with Gasteiger partial charge in [0.05, 0.1) is 6.61 Å². The number of carbonyl (C=O) groups excluding carboxylic acids is 2. The van der Waals surface area contributed by atoms with Crippen molar-refractivity contribution in [3.05, 3.63) is 23.9 Å². The van der Waals surface area contributed by atoms with Gasteiger partial charge in [0.2, 0.25) is 11.8 Å². The molecule has 0 radical (unpaired) electrons. The van der Waals surface area contributed by atoms with Gasteiger partial charge in [0.15, 0.2) is 0 Å². The van der Waals surface area contributed by atoms with Gasteiger partial charge in [0, 0.05) is 18.8 Å². The number of nitrogens with one attached hydrogen (secondary N) is 2. The Kier molecular flexibility index (Phi) is 7.69. The second-order valence-corrected chi connectivity index (χ2v) is 6.83. The van der Waals surface area contributed by atoms with Crippen LogP contribution in [0.3, 0.4) is 0 Å². The van der Waals surface area contributed by atoms with E-state index in [2.05, 4.69) is 15.6 Å². The number of hydrogen-bond acceptors (Lipinski definition) is 5. The molecule has 0 aromatic carbocycles. The van der Waals surface area contributed by atoms with E-state index in [0.29, 0.717) is 12.4 Å². The summed E-state index contributed by atoms with van der Waals surface area (Å²) in [7, 11) is 0. The fourth-order valence-electron chi connectivity index (χ4n) is 2.94. The smallest absolute Gasteiger partial charge is 0.407 e. The van der Waals surface area contributed by atoms with Gasteiger partial charge in [-0.15, -0.1) is 0 Å². The van der Waals surface area contributed by atoms with Gasteiger partial charge in [-0.2, -0.15) is 0 Å². The molecule has 26 heavy (non-hydrogen) atoms. The minimum atomic E-state index is -0.648. The van der Waals surface area contributed by atoms with Crippen LogP contribution in [0.4, 0.5) is 4.79 Å². The highest BCUT2D eigenvalue weighted by atomic mass is 16.5. The topological polar surface area (TPSA) is 89.5 Å². The second-order valence-electron chi connectivity index (χ2n) is 6.83. The Bertz CT molecular complexity index is 600.